The smallest absolute Gasteiger partial charge is 0.134 e. The fourth-order valence-corrected chi connectivity index (χ4v) is 3.01. The van der Waals surface area contributed by atoms with Crippen LogP contribution in [-0.4, -0.2) is 0 Å². The molecular formula is C14H13FN2OS. The van der Waals surface area contributed by atoms with Gasteiger partial charge < -0.3 is 4.42 Å². The first-order valence-corrected chi connectivity index (χ1v) is 6.76. The number of hydrogen-bond donors (Lipinski definition) is 2. The maximum atomic E-state index is 13.3. The topological polar surface area (TPSA) is 51.2 Å². The molecule has 0 radical (unpaired) electrons. The molecule has 0 spiro atoms. The van der Waals surface area contributed by atoms with Crippen molar-refractivity contribution >= 4 is 22.3 Å². The molecule has 3 rings (SSSR count). The Hall–Kier alpha value is -1.69. The van der Waals surface area contributed by atoms with Crippen LogP contribution in [-0.2, 0) is 0 Å². The van der Waals surface area contributed by atoms with E-state index in [0.29, 0.717) is 5.58 Å². The van der Waals surface area contributed by atoms with E-state index in [1.165, 1.54) is 12.1 Å². The molecule has 1 atom stereocenters. The number of hydrazine groups is 1. The number of aryl methyl sites for hydroxylation is 1. The number of halogens is 1. The standard InChI is InChI=1S/C14H13FN2OS/c1-8-10-7-9(15)4-5-11(10)18-14(8)13(17-16)12-3-2-6-19-12/h2-7,13,17H,16H2,1H3. The van der Waals surface area contributed by atoms with Gasteiger partial charge in [-0.2, -0.15) is 0 Å². The van der Waals surface area contributed by atoms with Crippen molar-refractivity contribution < 1.29 is 8.81 Å². The largest absolute Gasteiger partial charge is 0.459 e. The van der Waals surface area contributed by atoms with E-state index in [9.17, 15) is 4.39 Å². The third-order valence-electron chi connectivity index (χ3n) is 3.19. The molecule has 0 aliphatic heterocycles. The summed E-state index contributed by atoms with van der Waals surface area (Å²) in [6.45, 7) is 1.92. The van der Waals surface area contributed by atoms with Gasteiger partial charge in [0.1, 0.15) is 23.2 Å². The summed E-state index contributed by atoms with van der Waals surface area (Å²) in [4.78, 5) is 1.06. The lowest BCUT2D eigenvalue weighted by molar-refractivity contribution is 0.477. The highest BCUT2D eigenvalue weighted by Crippen LogP contribution is 2.34. The van der Waals surface area contributed by atoms with Crippen LogP contribution in [0, 0.1) is 12.7 Å². The van der Waals surface area contributed by atoms with E-state index in [4.69, 9.17) is 10.3 Å². The Labute approximate surface area is 113 Å². The van der Waals surface area contributed by atoms with Crippen LogP contribution in [0.3, 0.4) is 0 Å². The van der Waals surface area contributed by atoms with Crippen molar-refractivity contribution in [3.05, 3.63) is 57.7 Å². The third-order valence-corrected chi connectivity index (χ3v) is 4.13. The van der Waals surface area contributed by atoms with Gasteiger partial charge in [-0.05, 0) is 36.6 Å². The van der Waals surface area contributed by atoms with Gasteiger partial charge in [-0.15, -0.1) is 11.3 Å². The lowest BCUT2D eigenvalue weighted by Crippen LogP contribution is -2.28. The van der Waals surface area contributed by atoms with E-state index >= 15 is 0 Å². The molecule has 2 heterocycles. The Morgan fingerprint density at radius 1 is 1.37 bits per heavy atom. The van der Waals surface area contributed by atoms with Gasteiger partial charge in [-0.1, -0.05) is 6.07 Å². The molecule has 0 fully saturated rings. The minimum absolute atomic E-state index is 0.213. The van der Waals surface area contributed by atoms with Crippen LogP contribution in [0.15, 0.2) is 40.1 Å². The quantitative estimate of drug-likeness (QED) is 0.568. The van der Waals surface area contributed by atoms with Crippen LogP contribution in [0.5, 0.6) is 0 Å². The SMILES string of the molecule is Cc1c(C(NN)c2cccs2)oc2ccc(F)cc12. The highest BCUT2D eigenvalue weighted by molar-refractivity contribution is 7.10. The summed E-state index contributed by atoms with van der Waals surface area (Å²) in [5, 5.41) is 2.77. The number of hydrogen-bond acceptors (Lipinski definition) is 4. The molecule has 5 heteroatoms. The van der Waals surface area contributed by atoms with E-state index in [2.05, 4.69) is 5.43 Å². The molecule has 3 nitrogen and oxygen atoms in total. The van der Waals surface area contributed by atoms with Crippen LogP contribution < -0.4 is 11.3 Å². The lowest BCUT2D eigenvalue weighted by Gasteiger charge is -2.12. The van der Waals surface area contributed by atoms with Gasteiger partial charge in [-0.3, -0.25) is 5.84 Å². The number of fused-ring (bicyclic) bond motifs is 1. The zero-order valence-corrected chi connectivity index (χ0v) is 11.1. The van der Waals surface area contributed by atoms with Gasteiger partial charge in [0.05, 0.1) is 0 Å². The molecule has 0 aliphatic carbocycles. The molecule has 3 aromatic rings. The second-order valence-corrected chi connectivity index (χ2v) is 5.33. The average molecular weight is 276 g/mol. The Balaban J connectivity index is 2.16. The number of furan rings is 1. The first-order chi connectivity index (χ1) is 9.20. The number of thiophene rings is 1. The van der Waals surface area contributed by atoms with Crippen molar-refractivity contribution in [2.75, 3.05) is 0 Å². The second-order valence-electron chi connectivity index (χ2n) is 4.35. The van der Waals surface area contributed by atoms with Gasteiger partial charge in [0.25, 0.3) is 0 Å². The van der Waals surface area contributed by atoms with Crippen molar-refractivity contribution in [2.45, 2.75) is 13.0 Å². The lowest BCUT2D eigenvalue weighted by atomic mass is 10.1. The predicted octanol–water partition coefficient (Wildman–Crippen LogP) is 3.49. The number of rotatable bonds is 3. The van der Waals surface area contributed by atoms with Crippen LogP contribution in [0.25, 0.3) is 11.0 Å². The predicted molar refractivity (Wildman–Crippen MR) is 74.4 cm³/mol. The highest BCUT2D eigenvalue weighted by Gasteiger charge is 2.22. The summed E-state index contributed by atoms with van der Waals surface area (Å²) in [7, 11) is 0. The molecule has 0 bridgehead atoms. The highest BCUT2D eigenvalue weighted by atomic mass is 32.1. The summed E-state index contributed by atoms with van der Waals surface area (Å²) in [5.41, 5.74) is 4.34. The van der Waals surface area contributed by atoms with Gasteiger partial charge in [0.2, 0.25) is 0 Å². The minimum atomic E-state index is -0.267. The normalized spacial score (nSPS) is 13.0. The molecule has 0 aliphatic rings. The van der Waals surface area contributed by atoms with E-state index < -0.39 is 0 Å². The maximum absolute atomic E-state index is 13.3. The van der Waals surface area contributed by atoms with Gasteiger partial charge in [0.15, 0.2) is 0 Å². The van der Waals surface area contributed by atoms with E-state index in [1.807, 2.05) is 24.4 Å². The van der Waals surface area contributed by atoms with Gasteiger partial charge in [0, 0.05) is 15.8 Å². The van der Waals surface area contributed by atoms with Crippen molar-refractivity contribution in [3.63, 3.8) is 0 Å². The maximum Gasteiger partial charge on any atom is 0.134 e. The van der Waals surface area contributed by atoms with E-state index in [-0.39, 0.29) is 11.9 Å². The molecule has 1 unspecified atom stereocenters. The fourth-order valence-electron chi connectivity index (χ4n) is 2.23. The Morgan fingerprint density at radius 2 is 2.21 bits per heavy atom. The number of benzene rings is 1. The van der Waals surface area contributed by atoms with Crippen LogP contribution in [0.1, 0.15) is 22.2 Å². The Bertz CT molecular complexity index is 706. The van der Waals surface area contributed by atoms with Crippen molar-refractivity contribution in [3.8, 4) is 0 Å². The zero-order chi connectivity index (χ0) is 13.4. The van der Waals surface area contributed by atoms with Gasteiger partial charge in [-0.25, -0.2) is 9.82 Å². The van der Waals surface area contributed by atoms with Gasteiger partial charge >= 0.3 is 0 Å². The Morgan fingerprint density at radius 3 is 2.89 bits per heavy atom. The molecule has 0 saturated carbocycles. The molecule has 3 N–H and O–H groups in total. The van der Waals surface area contributed by atoms with E-state index in [0.717, 1.165) is 21.6 Å². The average Bonchev–Trinajstić information content (AvgIpc) is 3.02. The summed E-state index contributed by atoms with van der Waals surface area (Å²) >= 11 is 1.60. The summed E-state index contributed by atoms with van der Waals surface area (Å²) in [6, 6.07) is 8.26. The molecule has 1 aromatic carbocycles. The second kappa shape index (κ2) is 4.77. The molecule has 0 amide bonds. The van der Waals surface area contributed by atoms with Crippen molar-refractivity contribution in [1.82, 2.24) is 5.43 Å². The minimum Gasteiger partial charge on any atom is -0.459 e. The van der Waals surface area contributed by atoms with Crippen molar-refractivity contribution in [1.29, 1.82) is 0 Å². The van der Waals surface area contributed by atoms with Crippen LogP contribution in [0.2, 0.25) is 0 Å². The van der Waals surface area contributed by atoms with Crippen LogP contribution in [0.4, 0.5) is 4.39 Å². The van der Waals surface area contributed by atoms with E-state index in [1.54, 1.807) is 17.4 Å². The summed E-state index contributed by atoms with van der Waals surface area (Å²) in [5.74, 6) is 6.10. The third kappa shape index (κ3) is 2.06. The molecule has 2 aromatic heterocycles. The molecular weight excluding hydrogens is 263 g/mol. The molecule has 0 saturated heterocycles. The number of nitrogens with two attached hydrogens (primary N) is 1. The van der Waals surface area contributed by atoms with Crippen LogP contribution >= 0.6 is 11.3 Å². The molecule has 19 heavy (non-hydrogen) atoms. The van der Waals surface area contributed by atoms with Crippen molar-refractivity contribution in [2.24, 2.45) is 5.84 Å². The summed E-state index contributed by atoms with van der Waals surface area (Å²) < 4.78 is 19.1. The molecule has 98 valence electrons. The first-order valence-electron chi connectivity index (χ1n) is 5.89. The Kier molecular flexibility index (Phi) is 3.10. The fraction of sp³-hybridized carbons (Fsp3) is 0.143. The first kappa shape index (κ1) is 12.3. The summed E-state index contributed by atoms with van der Waals surface area (Å²) in [6.07, 6.45) is 0. The number of nitrogens with one attached hydrogen (secondary N) is 1. The monoisotopic (exact) mass is 276 g/mol. The zero-order valence-electron chi connectivity index (χ0n) is 10.3.